The third-order valence-corrected chi connectivity index (χ3v) is 6.20. The van der Waals surface area contributed by atoms with Crippen molar-refractivity contribution in [2.75, 3.05) is 52.9 Å². The lowest BCUT2D eigenvalue weighted by Gasteiger charge is -2.32. The number of aromatic nitrogens is 1. The number of likely N-dealkylation sites (tertiary alicyclic amines) is 1. The minimum atomic E-state index is -0.215. The fourth-order valence-electron chi connectivity index (χ4n) is 4.30. The van der Waals surface area contributed by atoms with Gasteiger partial charge in [0.05, 0.1) is 17.6 Å². The van der Waals surface area contributed by atoms with Crippen LogP contribution in [-0.4, -0.2) is 90.3 Å². The molecule has 2 fully saturated rings. The van der Waals surface area contributed by atoms with Crippen LogP contribution in [0.3, 0.4) is 0 Å². The van der Waals surface area contributed by atoms with E-state index < -0.39 is 0 Å². The number of para-hydroxylation sites is 1. The number of nitrogens with one attached hydrogen (secondary N) is 1. The van der Waals surface area contributed by atoms with E-state index in [-0.39, 0.29) is 30.2 Å². The Morgan fingerprint density at radius 1 is 1.06 bits per heavy atom. The van der Waals surface area contributed by atoms with Gasteiger partial charge >= 0.3 is 0 Å². The first-order valence-electron chi connectivity index (χ1n) is 10.8. The Labute approximate surface area is 182 Å². The van der Waals surface area contributed by atoms with Crippen LogP contribution in [-0.2, 0) is 9.59 Å². The van der Waals surface area contributed by atoms with Gasteiger partial charge in [-0.1, -0.05) is 18.2 Å². The van der Waals surface area contributed by atoms with Crippen molar-refractivity contribution in [1.29, 1.82) is 0 Å². The normalized spacial score (nSPS) is 19.6. The number of pyridine rings is 1. The highest BCUT2D eigenvalue weighted by Crippen LogP contribution is 2.30. The fraction of sp³-hybridized carbons (Fsp3) is 0.478. The van der Waals surface area contributed by atoms with Crippen LogP contribution < -0.4 is 5.32 Å². The maximum Gasteiger partial charge on any atom is 0.254 e. The third kappa shape index (κ3) is 4.69. The van der Waals surface area contributed by atoms with Gasteiger partial charge in [-0.25, -0.2) is 0 Å². The van der Waals surface area contributed by atoms with E-state index in [0.29, 0.717) is 18.7 Å². The lowest BCUT2D eigenvalue weighted by atomic mass is 9.98. The van der Waals surface area contributed by atoms with Crippen molar-refractivity contribution in [3.05, 3.63) is 41.6 Å². The monoisotopic (exact) mass is 423 g/mol. The molecule has 8 heteroatoms. The molecule has 0 aliphatic carbocycles. The molecule has 2 aromatic rings. The Morgan fingerprint density at radius 3 is 2.55 bits per heavy atom. The van der Waals surface area contributed by atoms with Crippen LogP contribution in [0.15, 0.2) is 30.3 Å². The van der Waals surface area contributed by atoms with Gasteiger partial charge in [-0.2, -0.15) is 0 Å². The highest BCUT2D eigenvalue weighted by molar-refractivity contribution is 6.06. The van der Waals surface area contributed by atoms with Gasteiger partial charge in [-0.05, 0) is 25.6 Å². The SMILES string of the molecule is CC(=O)NCC(=O)N1CC[C@H](c2cc(C(=O)N3CCN(C)CC3)c3ccccc3n2)C1. The van der Waals surface area contributed by atoms with Crippen molar-refractivity contribution in [3.8, 4) is 0 Å². The van der Waals surface area contributed by atoms with Crippen molar-refractivity contribution < 1.29 is 14.4 Å². The van der Waals surface area contributed by atoms with Gasteiger partial charge in [-0.3, -0.25) is 19.4 Å². The predicted molar refractivity (Wildman–Crippen MR) is 118 cm³/mol. The largest absolute Gasteiger partial charge is 0.347 e. The second-order valence-corrected chi connectivity index (χ2v) is 8.44. The second kappa shape index (κ2) is 9.01. The van der Waals surface area contributed by atoms with E-state index >= 15 is 0 Å². The number of fused-ring (bicyclic) bond motifs is 1. The molecule has 2 aliphatic heterocycles. The molecule has 1 aromatic heterocycles. The van der Waals surface area contributed by atoms with Crippen molar-refractivity contribution >= 4 is 28.6 Å². The number of likely N-dealkylation sites (N-methyl/N-ethyl adjacent to an activating group) is 1. The van der Waals surface area contributed by atoms with Gasteiger partial charge in [0.2, 0.25) is 11.8 Å². The third-order valence-electron chi connectivity index (χ3n) is 6.20. The molecule has 8 nitrogen and oxygen atoms in total. The van der Waals surface area contributed by atoms with E-state index in [4.69, 9.17) is 4.98 Å². The molecule has 0 saturated carbocycles. The molecular formula is C23H29N5O3. The Bertz CT molecular complexity index is 1000. The topological polar surface area (TPSA) is 85.8 Å². The fourth-order valence-corrected chi connectivity index (χ4v) is 4.30. The van der Waals surface area contributed by atoms with E-state index in [1.165, 1.54) is 6.92 Å². The summed E-state index contributed by atoms with van der Waals surface area (Å²) in [5.41, 5.74) is 2.35. The van der Waals surface area contributed by atoms with Gasteiger partial charge < -0.3 is 20.0 Å². The number of piperazine rings is 1. The molecule has 3 amide bonds. The summed E-state index contributed by atoms with van der Waals surface area (Å²) in [4.78, 5) is 47.6. The first-order valence-corrected chi connectivity index (χ1v) is 10.8. The van der Waals surface area contributed by atoms with Crippen LogP contribution in [0.2, 0.25) is 0 Å². The van der Waals surface area contributed by atoms with Crippen molar-refractivity contribution in [2.24, 2.45) is 0 Å². The van der Waals surface area contributed by atoms with Crippen molar-refractivity contribution in [1.82, 2.24) is 25.0 Å². The minimum Gasteiger partial charge on any atom is -0.347 e. The highest BCUT2D eigenvalue weighted by atomic mass is 16.2. The number of carbonyl (C=O) groups is 3. The Hall–Kier alpha value is -3.00. The molecule has 2 saturated heterocycles. The second-order valence-electron chi connectivity index (χ2n) is 8.44. The van der Waals surface area contributed by atoms with Gasteiger partial charge in [0.25, 0.3) is 5.91 Å². The van der Waals surface area contributed by atoms with E-state index in [1.807, 2.05) is 35.2 Å². The van der Waals surface area contributed by atoms with Gasteiger partial charge in [0.1, 0.15) is 0 Å². The average molecular weight is 424 g/mol. The summed E-state index contributed by atoms with van der Waals surface area (Å²) in [6.45, 7) is 5.76. The maximum absolute atomic E-state index is 13.4. The van der Waals surface area contributed by atoms with Crippen molar-refractivity contribution in [3.63, 3.8) is 0 Å². The summed E-state index contributed by atoms with van der Waals surface area (Å²) in [7, 11) is 2.07. The van der Waals surface area contributed by atoms with Crippen LogP contribution in [0.5, 0.6) is 0 Å². The minimum absolute atomic E-state index is 0.0142. The lowest BCUT2D eigenvalue weighted by molar-refractivity contribution is -0.131. The molecular weight excluding hydrogens is 394 g/mol. The van der Waals surface area contributed by atoms with Crippen LogP contribution in [0.25, 0.3) is 10.9 Å². The number of rotatable bonds is 4. The maximum atomic E-state index is 13.4. The van der Waals surface area contributed by atoms with Crippen LogP contribution >= 0.6 is 0 Å². The number of hydrogen-bond acceptors (Lipinski definition) is 5. The summed E-state index contributed by atoms with van der Waals surface area (Å²) in [6, 6.07) is 9.68. The van der Waals surface area contributed by atoms with E-state index in [0.717, 1.165) is 49.2 Å². The number of benzene rings is 1. The van der Waals surface area contributed by atoms with E-state index in [9.17, 15) is 14.4 Å². The molecule has 1 atom stereocenters. The molecule has 4 rings (SSSR count). The molecule has 1 aromatic carbocycles. The smallest absolute Gasteiger partial charge is 0.254 e. The predicted octanol–water partition coefficient (Wildman–Crippen LogP) is 1.07. The quantitative estimate of drug-likeness (QED) is 0.795. The zero-order valence-electron chi connectivity index (χ0n) is 18.1. The van der Waals surface area contributed by atoms with E-state index in [2.05, 4.69) is 17.3 Å². The van der Waals surface area contributed by atoms with Gasteiger partial charge in [0, 0.05) is 63.2 Å². The molecule has 0 unspecified atom stereocenters. The zero-order chi connectivity index (χ0) is 22.0. The first kappa shape index (κ1) is 21.2. The average Bonchev–Trinajstić information content (AvgIpc) is 3.27. The summed E-state index contributed by atoms with van der Waals surface area (Å²) < 4.78 is 0. The van der Waals surface area contributed by atoms with Gasteiger partial charge in [-0.15, -0.1) is 0 Å². The summed E-state index contributed by atoms with van der Waals surface area (Å²) in [5.74, 6) is -0.186. The Morgan fingerprint density at radius 2 is 1.81 bits per heavy atom. The lowest BCUT2D eigenvalue weighted by Crippen LogP contribution is -2.47. The first-order chi connectivity index (χ1) is 14.9. The molecule has 0 radical (unpaired) electrons. The van der Waals surface area contributed by atoms with Crippen LogP contribution in [0.1, 0.15) is 35.3 Å². The van der Waals surface area contributed by atoms with Gasteiger partial charge in [0.15, 0.2) is 0 Å². The molecule has 0 bridgehead atoms. The zero-order valence-corrected chi connectivity index (χ0v) is 18.1. The van der Waals surface area contributed by atoms with Crippen LogP contribution in [0.4, 0.5) is 0 Å². The Balaban J connectivity index is 1.57. The summed E-state index contributed by atoms with van der Waals surface area (Å²) in [6.07, 6.45) is 0.791. The number of amides is 3. The highest BCUT2D eigenvalue weighted by Gasteiger charge is 2.30. The van der Waals surface area contributed by atoms with Crippen molar-refractivity contribution in [2.45, 2.75) is 19.3 Å². The molecule has 1 N–H and O–H groups in total. The molecule has 2 aliphatic rings. The molecule has 0 spiro atoms. The van der Waals surface area contributed by atoms with Crippen LogP contribution in [0, 0.1) is 0 Å². The summed E-state index contributed by atoms with van der Waals surface area (Å²) >= 11 is 0. The Kier molecular flexibility index (Phi) is 6.18. The van der Waals surface area contributed by atoms with E-state index in [1.54, 1.807) is 4.90 Å². The number of hydrogen-bond donors (Lipinski definition) is 1. The standard InChI is InChI=1S/C23H29N5O3/c1-16(29)24-14-22(30)28-8-7-17(15-28)21-13-19(18-5-3-4-6-20(18)25-21)23(31)27-11-9-26(2)10-12-27/h3-6,13,17H,7-12,14-15H2,1-2H3,(H,24,29)/t17-/m0/s1. The number of nitrogens with zero attached hydrogens (tertiary/aromatic N) is 4. The molecule has 3 heterocycles. The molecule has 31 heavy (non-hydrogen) atoms. The number of carbonyl (C=O) groups excluding carboxylic acids is 3. The summed E-state index contributed by atoms with van der Waals surface area (Å²) in [5, 5.41) is 3.43. The molecule has 164 valence electrons.